The van der Waals surface area contributed by atoms with Crippen molar-refractivity contribution in [2.24, 2.45) is 0 Å². The second-order valence-corrected chi connectivity index (χ2v) is 15.1. The number of hydrogen-bond acceptors (Lipinski definition) is 10. The summed E-state index contributed by atoms with van der Waals surface area (Å²) >= 11 is 0. The van der Waals surface area contributed by atoms with Crippen molar-refractivity contribution < 1.29 is 28.1 Å². The first-order valence-electron chi connectivity index (χ1n) is 17.9. The van der Waals surface area contributed by atoms with Gasteiger partial charge >= 0.3 is 12.1 Å². The molecule has 2 aromatic carbocycles. The number of carbonyl (C=O) groups excluding carboxylic acids is 1. The largest absolute Gasteiger partial charge is 0.468 e. The van der Waals surface area contributed by atoms with Gasteiger partial charge in [-0.25, -0.2) is 9.18 Å². The fraction of sp³-hybridized carbons (Fsp3) is 0.450. The molecule has 2 atom stereocenters. The predicted molar refractivity (Wildman–Crippen MR) is 196 cm³/mol. The highest BCUT2D eigenvalue weighted by atomic mass is 19.1. The lowest BCUT2D eigenvalue weighted by Gasteiger charge is -2.42. The van der Waals surface area contributed by atoms with E-state index < -0.39 is 11.4 Å². The number of piperazine rings is 1. The summed E-state index contributed by atoms with van der Waals surface area (Å²) in [5.74, 6) is 3.10. The molecule has 270 valence electrons. The van der Waals surface area contributed by atoms with Gasteiger partial charge in [-0.05, 0) is 83.1 Å². The topological polar surface area (TPSA) is 102 Å². The lowest BCUT2D eigenvalue weighted by Crippen LogP contribution is -2.57. The number of fused-ring (bicyclic) bond motifs is 5. The van der Waals surface area contributed by atoms with E-state index in [4.69, 9.17) is 40.3 Å². The van der Waals surface area contributed by atoms with Crippen LogP contribution in [0.4, 0.5) is 15.0 Å². The number of methoxy groups -OCH3 is 1. The minimum absolute atomic E-state index is 0.0155. The zero-order chi connectivity index (χ0) is 36.2. The number of rotatable bonds is 8. The Morgan fingerprint density at radius 3 is 2.52 bits per heavy atom. The van der Waals surface area contributed by atoms with Crippen molar-refractivity contribution in [3.8, 4) is 35.4 Å². The van der Waals surface area contributed by atoms with Gasteiger partial charge in [0.1, 0.15) is 35.0 Å². The summed E-state index contributed by atoms with van der Waals surface area (Å²) < 4.78 is 40.4. The number of anilines is 1. The highest BCUT2D eigenvalue weighted by Gasteiger charge is 2.45. The van der Waals surface area contributed by atoms with Gasteiger partial charge in [-0.1, -0.05) is 30.2 Å². The van der Waals surface area contributed by atoms with Gasteiger partial charge in [0.2, 0.25) is 0 Å². The maximum Gasteiger partial charge on any atom is 0.411 e. The molecule has 8 rings (SSSR count). The molecule has 6 heterocycles. The number of nitrogens with zero attached hydrogens (tertiary/aromatic N) is 6. The number of carbonyl (C=O) groups is 1. The van der Waals surface area contributed by atoms with Crippen LogP contribution in [0.5, 0.6) is 11.8 Å². The van der Waals surface area contributed by atoms with Gasteiger partial charge in [0.25, 0.3) is 0 Å². The number of pyridine rings is 1. The third kappa shape index (κ3) is 6.05. The number of hydrogen-bond donors (Lipinski definition) is 0. The number of terminal acetylenes is 1. The molecule has 0 saturated carbocycles. The van der Waals surface area contributed by atoms with Gasteiger partial charge in [0, 0.05) is 42.9 Å². The van der Waals surface area contributed by atoms with Crippen LogP contribution >= 0.6 is 0 Å². The molecule has 52 heavy (non-hydrogen) atoms. The zero-order valence-electron chi connectivity index (χ0n) is 30.0. The number of benzene rings is 2. The molecule has 0 spiro atoms. The van der Waals surface area contributed by atoms with Crippen LogP contribution in [0.3, 0.4) is 0 Å². The van der Waals surface area contributed by atoms with Crippen LogP contribution in [-0.4, -0.2) is 101 Å². The summed E-state index contributed by atoms with van der Waals surface area (Å²) in [5.41, 5.74) is 0.545. The van der Waals surface area contributed by atoms with E-state index in [1.165, 1.54) is 7.11 Å². The average Bonchev–Trinajstić information content (AvgIpc) is 3.79. The summed E-state index contributed by atoms with van der Waals surface area (Å²) in [6.45, 7) is 8.96. The number of amides is 1. The highest BCUT2D eigenvalue weighted by Crippen LogP contribution is 2.41. The molecule has 0 aliphatic carbocycles. The summed E-state index contributed by atoms with van der Waals surface area (Å²) in [6, 6.07) is 8.74. The van der Waals surface area contributed by atoms with Gasteiger partial charge in [-0.15, -0.1) is 6.42 Å². The number of ether oxygens (including phenoxy) is 4. The molecule has 0 unspecified atom stereocenters. The Labute approximate surface area is 302 Å². The lowest BCUT2D eigenvalue weighted by molar-refractivity contribution is 0.0146. The molecule has 0 N–H and O–H groups in total. The summed E-state index contributed by atoms with van der Waals surface area (Å²) in [7, 11) is 1.54. The van der Waals surface area contributed by atoms with E-state index in [0.29, 0.717) is 53.2 Å². The van der Waals surface area contributed by atoms with Crippen LogP contribution in [0.25, 0.3) is 32.9 Å². The van der Waals surface area contributed by atoms with Crippen molar-refractivity contribution in [1.82, 2.24) is 24.8 Å². The normalized spacial score (nSPS) is 20.8. The highest BCUT2D eigenvalue weighted by molar-refractivity contribution is 6.03. The predicted octanol–water partition coefficient (Wildman–Crippen LogP) is 6.32. The van der Waals surface area contributed by atoms with Crippen LogP contribution in [0, 0.1) is 18.2 Å². The first-order valence-corrected chi connectivity index (χ1v) is 17.9. The molecular formula is C40H43FN6O5. The van der Waals surface area contributed by atoms with Crippen molar-refractivity contribution in [1.29, 1.82) is 0 Å². The van der Waals surface area contributed by atoms with Gasteiger partial charge in [0.05, 0.1) is 23.0 Å². The molecule has 4 aromatic rings. The minimum Gasteiger partial charge on any atom is -0.468 e. The van der Waals surface area contributed by atoms with Crippen molar-refractivity contribution >= 4 is 33.6 Å². The first-order chi connectivity index (χ1) is 25.1. The van der Waals surface area contributed by atoms with E-state index >= 15 is 4.39 Å². The molecule has 2 aromatic heterocycles. The van der Waals surface area contributed by atoms with E-state index in [1.54, 1.807) is 17.2 Å². The smallest absolute Gasteiger partial charge is 0.411 e. The summed E-state index contributed by atoms with van der Waals surface area (Å²) in [4.78, 5) is 33.9. The van der Waals surface area contributed by atoms with Gasteiger partial charge in [-0.2, -0.15) is 9.97 Å². The van der Waals surface area contributed by atoms with Gasteiger partial charge < -0.3 is 23.8 Å². The molecule has 0 radical (unpaired) electrons. The van der Waals surface area contributed by atoms with Crippen molar-refractivity contribution in [2.75, 3.05) is 51.6 Å². The maximum absolute atomic E-state index is 17.2. The maximum atomic E-state index is 17.2. The molecule has 2 bridgehead atoms. The molecule has 12 heteroatoms. The second-order valence-electron chi connectivity index (χ2n) is 15.1. The van der Waals surface area contributed by atoms with Crippen molar-refractivity contribution in [3.05, 3.63) is 60.1 Å². The van der Waals surface area contributed by atoms with Crippen molar-refractivity contribution in [2.45, 2.75) is 69.7 Å². The Balaban J connectivity index is 1.23. The molecular weight excluding hydrogens is 663 g/mol. The molecule has 3 saturated heterocycles. The van der Waals surface area contributed by atoms with E-state index in [2.05, 4.69) is 15.7 Å². The fourth-order valence-corrected chi connectivity index (χ4v) is 8.36. The van der Waals surface area contributed by atoms with Crippen LogP contribution in [0.15, 0.2) is 48.7 Å². The van der Waals surface area contributed by atoms with Crippen LogP contribution < -0.4 is 14.4 Å². The molecule has 3 fully saturated rings. The third-order valence-electron chi connectivity index (χ3n) is 10.6. The van der Waals surface area contributed by atoms with Crippen LogP contribution in [-0.2, 0) is 9.47 Å². The number of aromatic nitrogens is 3. The molecule has 4 aliphatic heterocycles. The molecule has 1 amide bonds. The number of halogens is 1. The van der Waals surface area contributed by atoms with E-state index in [1.807, 2.05) is 57.2 Å². The quantitative estimate of drug-likeness (QED) is 0.118. The monoisotopic (exact) mass is 706 g/mol. The Hall–Kier alpha value is -4.99. The fourth-order valence-electron chi connectivity index (χ4n) is 8.36. The van der Waals surface area contributed by atoms with E-state index in [0.717, 1.165) is 44.2 Å². The van der Waals surface area contributed by atoms with Gasteiger partial charge in [0.15, 0.2) is 12.6 Å². The Morgan fingerprint density at radius 2 is 1.83 bits per heavy atom. The summed E-state index contributed by atoms with van der Waals surface area (Å²) in [5, 5.41) is 1.89. The zero-order valence-corrected chi connectivity index (χ0v) is 30.0. The molecule has 11 nitrogen and oxygen atoms in total. The second kappa shape index (κ2) is 13.2. The SMILES string of the molecule is C#Cc1cccc2cc(OCOC)cc(-c3ncc4c(N5C[C@H]6C=C[C@@H](C5)N6C(=O)OC(C)(C)C)nc(OCC56CCCN5CCC6)nc4c3F)c12. The first kappa shape index (κ1) is 34.1. The van der Waals surface area contributed by atoms with Gasteiger partial charge in [-0.3, -0.25) is 14.8 Å². The van der Waals surface area contributed by atoms with Crippen LogP contribution in [0.1, 0.15) is 52.0 Å². The minimum atomic E-state index is -0.627. The summed E-state index contributed by atoms with van der Waals surface area (Å²) in [6.07, 6.45) is 15.6. The standard InChI is InChI=1S/C40H43FN6O5/c1-6-25-10-7-11-26-18-29(51-24-49-5)19-30(32(25)26)34-33(41)35-31(20-42-34)36(44-37(43-35)50-23-40-14-8-16-46(40)17-9-15-40)45-21-27-12-13-28(22-45)47(27)38(48)52-39(2,3)4/h1,7,10-13,18-20,27-28H,8-9,14-17,21-24H2,2-5H3/t27-,28+. The third-order valence-corrected chi connectivity index (χ3v) is 10.6. The molecule has 4 aliphatic rings. The Morgan fingerprint density at radius 1 is 1.08 bits per heavy atom. The van der Waals surface area contributed by atoms with E-state index in [-0.39, 0.29) is 47.7 Å². The van der Waals surface area contributed by atoms with E-state index in [9.17, 15) is 4.79 Å². The Kier molecular flexibility index (Phi) is 8.66. The van der Waals surface area contributed by atoms with Crippen LogP contribution in [0.2, 0.25) is 0 Å². The van der Waals surface area contributed by atoms with Crippen molar-refractivity contribution in [3.63, 3.8) is 0 Å². The lowest BCUT2D eigenvalue weighted by atomic mass is 9.95. The average molecular weight is 707 g/mol. The Bertz CT molecular complexity index is 2100.